The highest BCUT2D eigenvalue weighted by molar-refractivity contribution is 5.65. The van der Waals surface area contributed by atoms with Gasteiger partial charge in [0.1, 0.15) is 0 Å². The first kappa shape index (κ1) is 11.5. The SMILES string of the molecule is c1cc2cc(c1)-c1cccc(c1)CCCCCC2. The highest BCUT2D eigenvalue weighted by atomic mass is 14.1. The Hall–Kier alpha value is -1.56. The van der Waals surface area contributed by atoms with Crippen LogP contribution in [0.25, 0.3) is 11.1 Å². The van der Waals surface area contributed by atoms with Crippen molar-refractivity contribution in [2.45, 2.75) is 38.5 Å². The average Bonchev–Trinajstić information content (AvgIpc) is 2.42. The lowest BCUT2D eigenvalue weighted by Gasteiger charge is -2.10. The van der Waals surface area contributed by atoms with Crippen LogP contribution >= 0.6 is 0 Å². The molecule has 0 aromatic heterocycles. The molecule has 0 aliphatic heterocycles. The monoisotopic (exact) mass is 236 g/mol. The van der Waals surface area contributed by atoms with E-state index in [1.165, 1.54) is 60.8 Å². The van der Waals surface area contributed by atoms with E-state index in [2.05, 4.69) is 48.5 Å². The second kappa shape index (κ2) is 5.39. The fourth-order valence-corrected chi connectivity index (χ4v) is 2.82. The summed E-state index contributed by atoms with van der Waals surface area (Å²) in [5.74, 6) is 0. The van der Waals surface area contributed by atoms with Crippen molar-refractivity contribution >= 4 is 0 Å². The summed E-state index contributed by atoms with van der Waals surface area (Å²) < 4.78 is 0. The molecule has 92 valence electrons. The molecule has 2 aromatic rings. The average molecular weight is 236 g/mol. The quantitative estimate of drug-likeness (QED) is 0.603. The Balaban J connectivity index is 2.02. The Bertz CT molecular complexity index is 476. The van der Waals surface area contributed by atoms with Gasteiger partial charge in [0.25, 0.3) is 0 Å². The van der Waals surface area contributed by atoms with Crippen LogP contribution in [-0.2, 0) is 12.8 Å². The predicted molar refractivity (Wildman–Crippen MR) is 77.8 cm³/mol. The molecule has 0 nitrogen and oxygen atoms in total. The first-order valence-electron chi connectivity index (χ1n) is 7.10. The van der Waals surface area contributed by atoms with Crippen molar-refractivity contribution in [3.05, 3.63) is 59.7 Å². The first-order valence-corrected chi connectivity index (χ1v) is 7.10. The van der Waals surface area contributed by atoms with Gasteiger partial charge in [0.15, 0.2) is 0 Å². The topological polar surface area (TPSA) is 0 Å². The van der Waals surface area contributed by atoms with Gasteiger partial charge in [-0.3, -0.25) is 0 Å². The van der Waals surface area contributed by atoms with Gasteiger partial charge in [-0.25, -0.2) is 0 Å². The summed E-state index contributed by atoms with van der Waals surface area (Å²) in [5, 5.41) is 0. The van der Waals surface area contributed by atoms with Gasteiger partial charge in [0.2, 0.25) is 0 Å². The van der Waals surface area contributed by atoms with E-state index in [-0.39, 0.29) is 0 Å². The van der Waals surface area contributed by atoms with Crippen molar-refractivity contribution in [3.8, 4) is 11.1 Å². The van der Waals surface area contributed by atoms with E-state index in [1.807, 2.05) is 0 Å². The Morgan fingerprint density at radius 3 is 1.56 bits per heavy atom. The Morgan fingerprint density at radius 1 is 0.556 bits per heavy atom. The molecule has 0 saturated heterocycles. The lowest BCUT2D eigenvalue weighted by atomic mass is 9.95. The summed E-state index contributed by atoms with van der Waals surface area (Å²) in [6.45, 7) is 0. The van der Waals surface area contributed by atoms with Crippen molar-refractivity contribution in [1.29, 1.82) is 0 Å². The van der Waals surface area contributed by atoms with Crippen LogP contribution in [0.4, 0.5) is 0 Å². The molecule has 0 heterocycles. The van der Waals surface area contributed by atoms with Crippen molar-refractivity contribution < 1.29 is 0 Å². The van der Waals surface area contributed by atoms with E-state index in [9.17, 15) is 0 Å². The van der Waals surface area contributed by atoms with E-state index in [0.717, 1.165) is 0 Å². The van der Waals surface area contributed by atoms with Crippen LogP contribution in [0.5, 0.6) is 0 Å². The van der Waals surface area contributed by atoms with Crippen molar-refractivity contribution in [2.75, 3.05) is 0 Å². The zero-order valence-corrected chi connectivity index (χ0v) is 10.9. The number of hydrogen-bond donors (Lipinski definition) is 0. The Morgan fingerprint density at radius 2 is 1.06 bits per heavy atom. The molecule has 2 aromatic carbocycles. The minimum absolute atomic E-state index is 1.23. The third kappa shape index (κ3) is 2.64. The van der Waals surface area contributed by atoms with Crippen molar-refractivity contribution in [2.24, 2.45) is 0 Å². The van der Waals surface area contributed by atoms with Crippen LogP contribution in [-0.4, -0.2) is 0 Å². The highest BCUT2D eigenvalue weighted by Crippen LogP contribution is 2.24. The van der Waals surface area contributed by atoms with Crippen molar-refractivity contribution in [1.82, 2.24) is 0 Å². The van der Waals surface area contributed by atoms with Gasteiger partial charge in [-0.1, -0.05) is 61.4 Å². The number of rotatable bonds is 0. The largest absolute Gasteiger partial charge is 0.0614 e. The normalized spacial score (nSPS) is 15.6. The zero-order valence-electron chi connectivity index (χ0n) is 10.9. The van der Waals surface area contributed by atoms with Gasteiger partial charge in [0, 0.05) is 0 Å². The van der Waals surface area contributed by atoms with Crippen LogP contribution in [0.2, 0.25) is 0 Å². The first-order chi connectivity index (χ1) is 8.92. The molecule has 4 bridgehead atoms. The Labute approximate surface area is 110 Å². The van der Waals surface area contributed by atoms with Gasteiger partial charge >= 0.3 is 0 Å². The van der Waals surface area contributed by atoms with E-state index >= 15 is 0 Å². The van der Waals surface area contributed by atoms with Crippen molar-refractivity contribution in [3.63, 3.8) is 0 Å². The molecule has 0 unspecified atom stereocenters. The summed E-state index contributed by atoms with van der Waals surface area (Å²) in [6, 6.07) is 18.1. The summed E-state index contributed by atoms with van der Waals surface area (Å²) in [5.41, 5.74) is 5.71. The Kier molecular flexibility index (Phi) is 3.45. The van der Waals surface area contributed by atoms with Crippen LogP contribution in [0.1, 0.15) is 36.8 Å². The molecule has 18 heavy (non-hydrogen) atoms. The fourth-order valence-electron chi connectivity index (χ4n) is 2.82. The molecule has 0 atom stereocenters. The molecule has 3 rings (SSSR count). The van der Waals surface area contributed by atoms with Crippen LogP contribution in [0.3, 0.4) is 0 Å². The zero-order chi connectivity index (χ0) is 12.2. The van der Waals surface area contributed by atoms with Crippen LogP contribution in [0, 0.1) is 0 Å². The lowest BCUT2D eigenvalue weighted by Crippen LogP contribution is -1.92. The van der Waals surface area contributed by atoms with E-state index in [4.69, 9.17) is 0 Å². The lowest BCUT2D eigenvalue weighted by molar-refractivity contribution is 0.640. The highest BCUT2D eigenvalue weighted by Gasteiger charge is 2.03. The smallest absolute Gasteiger partial charge is 0.0181 e. The number of benzene rings is 2. The van der Waals surface area contributed by atoms with Gasteiger partial charge in [-0.2, -0.15) is 0 Å². The standard InChI is InChI=1S/C18H20/c1-2-4-8-16-10-6-12-18(14-16)17-11-5-9-15(13-17)7-3-1/h5-6,9-14H,1-4,7-8H2. The van der Waals surface area contributed by atoms with Gasteiger partial charge in [-0.15, -0.1) is 0 Å². The molecule has 0 radical (unpaired) electrons. The summed E-state index contributed by atoms with van der Waals surface area (Å²) in [6.07, 6.45) is 7.85. The maximum Gasteiger partial charge on any atom is -0.0181 e. The molecule has 0 heteroatoms. The second-order valence-electron chi connectivity index (χ2n) is 5.31. The maximum atomic E-state index is 2.36. The number of fused-ring (bicyclic) bond motifs is 5. The van der Waals surface area contributed by atoms with E-state index in [1.54, 1.807) is 0 Å². The second-order valence-corrected chi connectivity index (χ2v) is 5.31. The fraction of sp³-hybridized carbons (Fsp3) is 0.333. The third-order valence-corrected chi connectivity index (χ3v) is 3.87. The van der Waals surface area contributed by atoms with Crippen LogP contribution < -0.4 is 0 Å². The van der Waals surface area contributed by atoms with E-state index < -0.39 is 0 Å². The van der Waals surface area contributed by atoms with E-state index in [0.29, 0.717) is 0 Å². The molecular weight excluding hydrogens is 216 g/mol. The molecule has 0 fully saturated rings. The summed E-state index contributed by atoms with van der Waals surface area (Å²) in [7, 11) is 0. The molecule has 1 aliphatic carbocycles. The minimum Gasteiger partial charge on any atom is -0.0614 e. The predicted octanol–water partition coefficient (Wildman–Crippen LogP) is 5.01. The van der Waals surface area contributed by atoms with Gasteiger partial charge in [0.05, 0.1) is 0 Å². The molecular formula is C18H20. The third-order valence-electron chi connectivity index (χ3n) is 3.87. The van der Waals surface area contributed by atoms with Gasteiger partial charge < -0.3 is 0 Å². The minimum atomic E-state index is 1.23. The molecule has 0 saturated carbocycles. The molecule has 0 N–H and O–H groups in total. The summed E-state index contributed by atoms with van der Waals surface area (Å²) >= 11 is 0. The number of aryl methyl sites for hydroxylation is 2. The van der Waals surface area contributed by atoms with Gasteiger partial charge in [-0.05, 0) is 47.9 Å². The number of hydrogen-bond acceptors (Lipinski definition) is 0. The molecule has 1 aliphatic rings. The maximum absolute atomic E-state index is 2.36. The van der Waals surface area contributed by atoms with Crippen LogP contribution in [0.15, 0.2) is 48.5 Å². The molecule has 0 amide bonds. The summed E-state index contributed by atoms with van der Waals surface area (Å²) in [4.78, 5) is 0. The molecule has 0 spiro atoms.